The summed E-state index contributed by atoms with van der Waals surface area (Å²) in [5.74, 6) is 0.806. The Kier molecular flexibility index (Phi) is 6.38. The van der Waals surface area contributed by atoms with Crippen LogP contribution in [-0.2, 0) is 4.74 Å². The van der Waals surface area contributed by atoms with Crippen LogP contribution >= 0.6 is 0 Å². The number of carbonyl (C=O) groups excluding carboxylic acids is 1. The van der Waals surface area contributed by atoms with Gasteiger partial charge in [0, 0.05) is 13.1 Å². The number of rotatable bonds is 5. The number of hydrogen-bond donors (Lipinski definition) is 0. The average molecular weight is 241 g/mol. The van der Waals surface area contributed by atoms with Gasteiger partial charge in [0.2, 0.25) is 0 Å². The fourth-order valence-corrected chi connectivity index (χ4v) is 2.53. The summed E-state index contributed by atoms with van der Waals surface area (Å²) >= 11 is 0. The quantitative estimate of drug-likeness (QED) is 0.732. The Balaban J connectivity index is 2.29. The van der Waals surface area contributed by atoms with Gasteiger partial charge in [-0.05, 0) is 25.7 Å². The zero-order valence-electron chi connectivity index (χ0n) is 11.6. The molecule has 3 heteroatoms. The van der Waals surface area contributed by atoms with Gasteiger partial charge in [-0.2, -0.15) is 0 Å². The predicted octanol–water partition coefficient (Wildman–Crippen LogP) is 3.82. The molecule has 1 rings (SSSR count). The second kappa shape index (κ2) is 7.57. The van der Waals surface area contributed by atoms with E-state index in [1.807, 2.05) is 14.0 Å². The van der Waals surface area contributed by atoms with E-state index < -0.39 is 0 Å². The Labute approximate surface area is 106 Å². The first-order valence-corrected chi connectivity index (χ1v) is 7.04. The highest BCUT2D eigenvalue weighted by Crippen LogP contribution is 2.28. The lowest BCUT2D eigenvalue weighted by atomic mass is 9.85. The van der Waals surface area contributed by atoms with Crippen LogP contribution < -0.4 is 0 Å². The van der Waals surface area contributed by atoms with Crippen LogP contribution in [0.2, 0.25) is 0 Å². The molecule has 0 aromatic heterocycles. The topological polar surface area (TPSA) is 29.5 Å². The second-order valence-corrected chi connectivity index (χ2v) is 5.31. The van der Waals surface area contributed by atoms with E-state index in [9.17, 15) is 4.79 Å². The third-order valence-electron chi connectivity index (χ3n) is 3.78. The lowest BCUT2D eigenvalue weighted by molar-refractivity contribution is 0.0933. The molecule has 17 heavy (non-hydrogen) atoms. The molecule has 0 saturated heterocycles. The molecule has 0 aliphatic heterocycles. The van der Waals surface area contributed by atoms with E-state index in [-0.39, 0.29) is 6.09 Å². The minimum atomic E-state index is -0.171. The van der Waals surface area contributed by atoms with Crippen molar-refractivity contribution in [3.8, 4) is 0 Å². The summed E-state index contributed by atoms with van der Waals surface area (Å²) < 4.78 is 5.15. The number of amides is 1. The van der Waals surface area contributed by atoms with E-state index in [0.717, 1.165) is 18.8 Å². The molecule has 0 bridgehead atoms. The molecule has 1 unspecified atom stereocenters. The van der Waals surface area contributed by atoms with Crippen LogP contribution in [0.25, 0.3) is 0 Å². The molecule has 1 fully saturated rings. The summed E-state index contributed by atoms with van der Waals surface area (Å²) in [7, 11) is 1.85. The first-order valence-electron chi connectivity index (χ1n) is 7.04. The van der Waals surface area contributed by atoms with E-state index in [1.165, 1.54) is 32.1 Å². The van der Waals surface area contributed by atoms with Gasteiger partial charge in [-0.1, -0.05) is 39.0 Å². The number of nitrogens with zero attached hydrogens (tertiary/aromatic N) is 1. The van der Waals surface area contributed by atoms with E-state index in [0.29, 0.717) is 12.6 Å². The van der Waals surface area contributed by atoms with Crippen molar-refractivity contribution in [2.75, 3.05) is 13.7 Å². The van der Waals surface area contributed by atoms with Crippen molar-refractivity contribution >= 4 is 6.09 Å². The Hall–Kier alpha value is -0.730. The van der Waals surface area contributed by atoms with Crippen LogP contribution in [0.1, 0.15) is 58.8 Å². The van der Waals surface area contributed by atoms with Crippen molar-refractivity contribution in [1.82, 2.24) is 4.90 Å². The lowest BCUT2D eigenvalue weighted by Gasteiger charge is -2.29. The van der Waals surface area contributed by atoms with Crippen molar-refractivity contribution in [3.63, 3.8) is 0 Å². The summed E-state index contributed by atoms with van der Waals surface area (Å²) in [6, 6.07) is 0.294. The molecule has 1 atom stereocenters. The average Bonchev–Trinajstić information content (AvgIpc) is 2.36. The van der Waals surface area contributed by atoms with Crippen molar-refractivity contribution in [1.29, 1.82) is 0 Å². The molecule has 1 aliphatic rings. The van der Waals surface area contributed by atoms with Crippen molar-refractivity contribution < 1.29 is 9.53 Å². The van der Waals surface area contributed by atoms with Crippen molar-refractivity contribution in [2.45, 2.75) is 64.8 Å². The van der Waals surface area contributed by atoms with Crippen LogP contribution in [-0.4, -0.2) is 30.7 Å². The predicted molar refractivity (Wildman–Crippen MR) is 70.1 cm³/mol. The van der Waals surface area contributed by atoms with Crippen LogP contribution in [0.15, 0.2) is 0 Å². The maximum absolute atomic E-state index is 11.7. The van der Waals surface area contributed by atoms with Gasteiger partial charge in [0.1, 0.15) is 0 Å². The second-order valence-electron chi connectivity index (χ2n) is 5.31. The fraction of sp³-hybridized carbons (Fsp3) is 0.929. The Morgan fingerprint density at radius 1 is 1.35 bits per heavy atom. The van der Waals surface area contributed by atoms with Gasteiger partial charge in [-0.15, -0.1) is 0 Å². The van der Waals surface area contributed by atoms with Crippen LogP contribution in [0.4, 0.5) is 4.79 Å². The van der Waals surface area contributed by atoms with Gasteiger partial charge in [-0.3, -0.25) is 0 Å². The number of ether oxygens (including phenoxy) is 1. The van der Waals surface area contributed by atoms with Gasteiger partial charge in [0.05, 0.1) is 6.61 Å². The zero-order chi connectivity index (χ0) is 12.7. The Morgan fingerprint density at radius 3 is 2.59 bits per heavy atom. The van der Waals surface area contributed by atoms with Gasteiger partial charge >= 0.3 is 6.09 Å². The molecule has 0 spiro atoms. The number of carbonyl (C=O) groups is 1. The third kappa shape index (κ3) is 4.97. The normalized spacial score (nSPS) is 18.8. The summed E-state index contributed by atoms with van der Waals surface area (Å²) in [6.45, 7) is 4.67. The molecule has 0 radical (unpaired) electrons. The summed E-state index contributed by atoms with van der Waals surface area (Å²) in [5.41, 5.74) is 0. The smallest absolute Gasteiger partial charge is 0.409 e. The largest absolute Gasteiger partial charge is 0.449 e. The molecular weight excluding hydrogens is 214 g/mol. The molecule has 0 aromatic carbocycles. The molecule has 1 aliphatic carbocycles. The Morgan fingerprint density at radius 2 is 2.00 bits per heavy atom. The molecule has 3 nitrogen and oxygen atoms in total. The van der Waals surface area contributed by atoms with Gasteiger partial charge in [-0.25, -0.2) is 4.79 Å². The maximum atomic E-state index is 11.7. The molecule has 0 aromatic rings. The summed E-state index contributed by atoms with van der Waals surface area (Å²) in [5, 5.41) is 0. The highest BCUT2D eigenvalue weighted by Gasteiger charge is 2.22. The van der Waals surface area contributed by atoms with Crippen LogP contribution in [0, 0.1) is 5.92 Å². The highest BCUT2D eigenvalue weighted by molar-refractivity contribution is 5.67. The Bertz CT molecular complexity index is 224. The third-order valence-corrected chi connectivity index (χ3v) is 3.78. The standard InChI is InChI=1S/C14H27NO2/c1-4-10-17-14(16)15(3)12(2)11-13-8-6-5-7-9-13/h12-13H,4-11H2,1-3H3. The monoisotopic (exact) mass is 241 g/mol. The first-order chi connectivity index (χ1) is 8.15. The molecule has 100 valence electrons. The van der Waals surface area contributed by atoms with E-state index in [4.69, 9.17) is 4.74 Å². The summed E-state index contributed by atoms with van der Waals surface area (Å²) in [4.78, 5) is 13.4. The molecule has 0 heterocycles. The first kappa shape index (κ1) is 14.3. The zero-order valence-corrected chi connectivity index (χ0v) is 11.6. The molecule has 1 saturated carbocycles. The molecule has 0 N–H and O–H groups in total. The minimum absolute atomic E-state index is 0.171. The highest BCUT2D eigenvalue weighted by atomic mass is 16.6. The molecule has 1 amide bonds. The molecular formula is C14H27NO2. The van der Waals surface area contributed by atoms with E-state index >= 15 is 0 Å². The van der Waals surface area contributed by atoms with Crippen molar-refractivity contribution in [2.24, 2.45) is 5.92 Å². The van der Waals surface area contributed by atoms with E-state index in [1.54, 1.807) is 4.90 Å². The van der Waals surface area contributed by atoms with Gasteiger partial charge in [0.25, 0.3) is 0 Å². The lowest BCUT2D eigenvalue weighted by Crippen LogP contribution is -2.37. The van der Waals surface area contributed by atoms with Crippen molar-refractivity contribution in [3.05, 3.63) is 0 Å². The minimum Gasteiger partial charge on any atom is -0.449 e. The van der Waals surface area contributed by atoms with E-state index in [2.05, 4.69) is 6.92 Å². The number of hydrogen-bond acceptors (Lipinski definition) is 2. The van der Waals surface area contributed by atoms with Gasteiger partial charge in [0.15, 0.2) is 0 Å². The van der Waals surface area contributed by atoms with Crippen LogP contribution in [0.5, 0.6) is 0 Å². The van der Waals surface area contributed by atoms with Crippen LogP contribution in [0.3, 0.4) is 0 Å². The fourth-order valence-electron chi connectivity index (χ4n) is 2.53. The van der Waals surface area contributed by atoms with Gasteiger partial charge < -0.3 is 9.64 Å². The maximum Gasteiger partial charge on any atom is 0.409 e. The SMILES string of the molecule is CCCOC(=O)N(C)C(C)CC1CCCCC1. The summed E-state index contributed by atoms with van der Waals surface area (Å²) in [6.07, 6.45) is 8.62.